The lowest BCUT2D eigenvalue weighted by Crippen LogP contribution is -2.66. The summed E-state index contributed by atoms with van der Waals surface area (Å²) < 4.78 is 39.6. The average molecular weight is 1080 g/mol. The fourth-order valence-corrected chi connectivity index (χ4v) is 12.8. The van der Waals surface area contributed by atoms with Crippen molar-refractivity contribution >= 4 is 35.4 Å². The quantitative estimate of drug-likeness (QED) is 0.0270. The second kappa shape index (κ2) is 35.2. The lowest BCUT2D eigenvalue weighted by atomic mass is 9.45. The van der Waals surface area contributed by atoms with Gasteiger partial charge in [-0.05, 0) is 139 Å². The fourth-order valence-electron chi connectivity index (χ4n) is 12.8. The molecule has 0 spiro atoms. The van der Waals surface area contributed by atoms with Crippen LogP contribution in [0.25, 0.3) is 0 Å². The van der Waals surface area contributed by atoms with Gasteiger partial charge in [-0.1, -0.05) is 152 Å². The van der Waals surface area contributed by atoms with Gasteiger partial charge in [0, 0.05) is 30.1 Å². The molecular weight excluding hydrogens is 976 g/mol. The Balaban J connectivity index is 1.18. The number of halogens is 1. The SMILES string of the molecule is CCCCC/C=C\C/C=C\CCCCCCCC(=O)OCC(COC(=O)CCC(=O)OCC(=O)[C@H]1[C@H](C)C[C@H]2[C@@H]3CCC4=CC(=O)C=C[C@]4(C)[C@@]3(F)[C@@H](O)C[C@@]21C)OC(=O)CCCCCCC/C=C\C/C=C\CCCCC. The largest absolute Gasteiger partial charge is 0.462 e. The molecule has 9 atom stereocenters. The lowest BCUT2D eigenvalue weighted by Gasteiger charge is -2.61. The van der Waals surface area contributed by atoms with Crippen LogP contribution in [0.15, 0.2) is 72.4 Å². The third-order valence-electron chi connectivity index (χ3n) is 17.1. The Morgan fingerprint density at radius 2 is 1.13 bits per heavy atom. The van der Waals surface area contributed by atoms with E-state index in [2.05, 4.69) is 62.5 Å². The van der Waals surface area contributed by atoms with E-state index < -0.39 is 71.0 Å². The average Bonchev–Trinajstić information content (AvgIpc) is 3.78. The summed E-state index contributed by atoms with van der Waals surface area (Å²) in [6, 6.07) is 0. The topological polar surface area (TPSA) is 160 Å². The van der Waals surface area contributed by atoms with Crippen molar-refractivity contribution in [2.24, 2.45) is 34.5 Å². The second-order valence-electron chi connectivity index (χ2n) is 23.1. The number of alkyl halides is 1. The number of carbonyl (C=O) groups is 6. The highest BCUT2D eigenvalue weighted by Crippen LogP contribution is 2.69. The summed E-state index contributed by atoms with van der Waals surface area (Å²) >= 11 is 0. The monoisotopic (exact) mass is 1070 g/mol. The number of Topliss-reactive ketones (excluding diaryl/α,β-unsaturated/α-hetero) is 1. The predicted octanol–water partition coefficient (Wildman–Crippen LogP) is 14.7. The van der Waals surface area contributed by atoms with Crippen LogP contribution in [0, 0.1) is 34.5 Å². The zero-order valence-corrected chi connectivity index (χ0v) is 48.1. The van der Waals surface area contributed by atoms with E-state index in [-0.39, 0.29) is 68.7 Å². The molecule has 0 aromatic carbocycles. The molecule has 4 aliphatic rings. The number of rotatable bonds is 39. The first kappa shape index (κ1) is 65.1. The van der Waals surface area contributed by atoms with Gasteiger partial charge in [0.1, 0.15) is 19.8 Å². The van der Waals surface area contributed by atoms with Crippen LogP contribution in [0.4, 0.5) is 4.39 Å². The molecule has 432 valence electrons. The first-order chi connectivity index (χ1) is 37.1. The van der Waals surface area contributed by atoms with E-state index in [1.165, 1.54) is 50.7 Å². The highest BCUT2D eigenvalue weighted by molar-refractivity contribution is 6.01. The Bertz CT molecular complexity index is 2030. The minimum Gasteiger partial charge on any atom is -0.462 e. The highest BCUT2D eigenvalue weighted by atomic mass is 19.1. The van der Waals surface area contributed by atoms with Crippen LogP contribution >= 0.6 is 0 Å². The van der Waals surface area contributed by atoms with E-state index in [9.17, 15) is 33.9 Å². The molecule has 0 amide bonds. The van der Waals surface area contributed by atoms with E-state index in [0.717, 1.165) is 89.9 Å². The van der Waals surface area contributed by atoms with Crippen molar-refractivity contribution in [3.63, 3.8) is 0 Å². The van der Waals surface area contributed by atoms with Crippen molar-refractivity contribution < 1.29 is 57.2 Å². The van der Waals surface area contributed by atoms with E-state index in [0.29, 0.717) is 37.7 Å². The molecule has 12 heteroatoms. The smallest absolute Gasteiger partial charge is 0.306 e. The van der Waals surface area contributed by atoms with Gasteiger partial charge < -0.3 is 24.1 Å². The molecule has 0 heterocycles. The molecule has 0 saturated heterocycles. The molecule has 0 radical (unpaired) electrons. The third kappa shape index (κ3) is 20.9. The van der Waals surface area contributed by atoms with E-state index in [1.54, 1.807) is 13.0 Å². The molecule has 1 N–H and O–H groups in total. The molecule has 11 nitrogen and oxygen atoms in total. The standard InChI is InChI=1S/C65H99FO11/c1-6-8-10-12-14-16-18-20-22-24-26-28-30-32-34-36-58(70)74-47-53(77-61(73)37-35-33-31-29-27-25-23-21-19-17-15-13-11-9-7-2)48-75-59(71)40-41-60(72)76-49-56(68)62-50(3)44-55-54-39-38-51-45-52(67)42-43-64(51,5)65(54,66)57(69)46-63(55,62)4/h14-17,20-23,42-43,45,50,53-55,57,62,69H,6-13,18-19,24-41,44,46-49H2,1-5H3/b16-14-,17-15-,22-20-,23-21-/t50-,53?,54+,55+,57+,62-,63+,64+,65+/m1/s1. The number of aliphatic hydroxyl groups excluding tert-OH is 1. The molecule has 0 bridgehead atoms. The van der Waals surface area contributed by atoms with Crippen molar-refractivity contribution in [3.8, 4) is 0 Å². The Labute approximate surface area is 462 Å². The van der Waals surface area contributed by atoms with E-state index in [4.69, 9.17) is 18.9 Å². The van der Waals surface area contributed by atoms with Crippen molar-refractivity contribution in [1.29, 1.82) is 0 Å². The molecule has 0 aromatic rings. The number of ketones is 2. The van der Waals surface area contributed by atoms with Crippen LogP contribution in [0.2, 0.25) is 0 Å². The van der Waals surface area contributed by atoms with Crippen LogP contribution in [0.5, 0.6) is 0 Å². The zero-order chi connectivity index (χ0) is 55.9. The van der Waals surface area contributed by atoms with Gasteiger partial charge >= 0.3 is 23.9 Å². The minimum atomic E-state index is -2.01. The Kier molecular flexibility index (Phi) is 29.8. The number of esters is 4. The molecular formula is C65H99FO11. The highest BCUT2D eigenvalue weighted by Gasteiger charge is 2.71. The van der Waals surface area contributed by atoms with Gasteiger partial charge in [0.25, 0.3) is 0 Å². The molecule has 4 aliphatic carbocycles. The molecule has 77 heavy (non-hydrogen) atoms. The summed E-state index contributed by atoms with van der Waals surface area (Å²) in [6.45, 7) is 8.93. The number of ether oxygens (including phenoxy) is 4. The summed E-state index contributed by atoms with van der Waals surface area (Å²) in [6.07, 6.45) is 44.6. The van der Waals surface area contributed by atoms with Crippen LogP contribution < -0.4 is 0 Å². The third-order valence-corrected chi connectivity index (χ3v) is 17.1. The van der Waals surface area contributed by atoms with Gasteiger partial charge in [0.2, 0.25) is 0 Å². The van der Waals surface area contributed by atoms with Crippen LogP contribution in [0.1, 0.15) is 227 Å². The first-order valence-electron chi connectivity index (χ1n) is 30.2. The molecule has 4 rings (SSSR count). The number of carbonyl (C=O) groups excluding carboxylic acids is 6. The van der Waals surface area contributed by atoms with E-state index >= 15 is 4.39 Å². The number of aliphatic hydroxyl groups is 1. The Hall–Kier alpha value is -4.45. The summed E-state index contributed by atoms with van der Waals surface area (Å²) in [5.41, 5.74) is -3.18. The number of allylic oxidation sites excluding steroid dienone is 12. The van der Waals surface area contributed by atoms with Gasteiger partial charge in [0.05, 0.1) is 18.9 Å². The van der Waals surface area contributed by atoms with Crippen molar-refractivity contribution in [2.75, 3.05) is 19.8 Å². The maximum atomic E-state index is 17.5. The Morgan fingerprint density at radius 3 is 1.68 bits per heavy atom. The maximum absolute atomic E-state index is 17.5. The van der Waals surface area contributed by atoms with Crippen molar-refractivity contribution in [3.05, 3.63) is 72.4 Å². The second-order valence-corrected chi connectivity index (χ2v) is 23.1. The summed E-state index contributed by atoms with van der Waals surface area (Å²) in [5, 5.41) is 11.7. The van der Waals surface area contributed by atoms with Crippen molar-refractivity contribution in [2.45, 2.75) is 245 Å². The van der Waals surface area contributed by atoms with Crippen molar-refractivity contribution in [1.82, 2.24) is 0 Å². The number of hydrogen-bond acceptors (Lipinski definition) is 11. The van der Waals surface area contributed by atoms with Gasteiger partial charge in [0.15, 0.2) is 23.3 Å². The summed E-state index contributed by atoms with van der Waals surface area (Å²) in [4.78, 5) is 77.7. The molecule has 0 aliphatic heterocycles. The molecule has 1 unspecified atom stereocenters. The van der Waals surface area contributed by atoms with Crippen LogP contribution in [-0.2, 0) is 47.7 Å². The number of unbranched alkanes of at least 4 members (excludes halogenated alkanes) is 16. The fraction of sp³-hybridized carbons (Fsp3) is 0.723. The van der Waals surface area contributed by atoms with Gasteiger partial charge in [-0.25, -0.2) is 4.39 Å². The Morgan fingerprint density at radius 1 is 0.649 bits per heavy atom. The molecule has 3 saturated carbocycles. The van der Waals surface area contributed by atoms with Gasteiger partial charge in [-0.2, -0.15) is 0 Å². The first-order valence-corrected chi connectivity index (χ1v) is 30.2. The lowest BCUT2D eigenvalue weighted by molar-refractivity contribution is -0.196. The summed E-state index contributed by atoms with van der Waals surface area (Å²) in [7, 11) is 0. The van der Waals surface area contributed by atoms with Crippen LogP contribution in [-0.4, -0.2) is 78.2 Å². The maximum Gasteiger partial charge on any atom is 0.306 e. The van der Waals surface area contributed by atoms with Gasteiger partial charge in [-0.15, -0.1) is 0 Å². The number of hydrogen-bond donors (Lipinski definition) is 1. The van der Waals surface area contributed by atoms with Crippen LogP contribution in [0.3, 0.4) is 0 Å². The number of fused-ring (bicyclic) bond motifs is 5. The minimum absolute atomic E-state index is 0.0537. The predicted molar refractivity (Wildman–Crippen MR) is 302 cm³/mol. The zero-order valence-electron chi connectivity index (χ0n) is 48.1. The van der Waals surface area contributed by atoms with Gasteiger partial charge in [-0.3, -0.25) is 28.8 Å². The van der Waals surface area contributed by atoms with E-state index in [1.807, 2.05) is 13.8 Å². The summed E-state index contributed by atoms with van der Waals surface area (Å²) in [5.74, 6) is -4.37. The normalized spacial score (nSPS) is 26.2. The molecule has 3 fully saturated rings. The molecule has 0 aromatic heterocycles.